The molecule has 0 saturated carbocycles. The first-order valence-electron chi connectivity index (χ1n) is 18.0. The summed E-state index contributed by atoms with van der Waals surface area (Å²) in [5, 5.41) is 7.61. The number of hydrogen-bond donors (Lipinski definition) is 0. The van der Waals surface area contributed by atoms with Gasteiger partial charge in [0.1, 0.15) is 13.1 Å². The lowest BCUT2D eigenvalue weighted by Crippen LogP contribution is -2.37. The molecule has 2 heterocycles. The summed E-state index contributed by atoms with van der Waals surface area (Å²) >= 11 is 0. The molecule has 0 unspecified atom stereocenters. The third kappa shape index (κ3) is 5.26. The molecule has 52 heavy (non-hydrogen) atoms. The summed E-state index contributed by atoms with van der Waals surface area (Å²) in [4.78, 5) is 0. The molecule has 0 aliphatic rings. The van der Waals surface area contributed by atoms with Crippen LogP contribution < -0.4 is 4.57 Å². The second kappa shape index (κ2) is 12.6. The van der Waals surface area contributed by atoms with Gasteiger partial charge in [-0.25, -0.2) is 9.13 Å². The van der Waals surface area contributed by atoms with Crippen LogP contribution in [0.5, 0.6) is 0 Å². The maximum absolute atomic E-state index is 2.48. The van der Waals surface area contributed by atoms with Crippen LogP contribution in [0, 0.1) is 0 Å². The number of aromatic nitrogens is 3. The van der Waals surface area contributed by atoms with Crippen LogP contribution in [0.4, 0.5) is 0 Å². The predicted molar refractivity (Wildman–Crippen MR) is 218 cm³/mol. The minimum absolute atomic E-state index is 0.766. The molecule has 0 aliphatic carbocycles. The van der Waals surface area contributed by atoms with Crippen LogP contribution in [0.1, 0.15) is 22.5 Å². The van der Waals surface area contributed by atoms with E-state index < -0.39 is 0 Å². The monoisotopic (exact) mass is 666 g/mol. The van der Waals surface area contributed by atoms with E-state index in [1.807, 2.05) is 0 Å². The molecule has 0 saturated heterocycles. The van der Waals surface area contributed by atoms with Crippen molar-refractivity contribution < 1.29 is 4.57 Å². The number of benzene rings is 8. The van der Waals surface area contributed by atoms with Gasteiger partial charge < -0.3 is 4.57 Å². The van der Waals surface area contributed by atoms with Gasteiger partial charge in [-0.05, 0) is 92.8 Å². The molecule has 0 aliphatic heterocycles. The van der Waals surface area contributed by atoms with E-state index in [-0.39, 0.29) is 0 Å². The van der Waals surface area contributed by atoms with Crippen LogP contribution in [-0.2, 0) is 13.1 Å². The van der Waals surface area contributed by atoms with Gasteiger partial charge in [-0.2, -0.15) is 0 Å². The first-order chi connectivity index (χ1) is 25.8. The van der Waals surface area contributed by atoms with Gasteiger partial charge >= 0.3 is 0 Å². The SMILES string of the molecule is C(=C\c1n(Cc2ccc3ccccc3c2)c2ccccc2[n+]1Cc1ccc2ccccc2c1)/c1ccc(-n2c3ccccc3c3ccccc32)cc1. The molecule has 10 aromatic rings. The minimum atomic E-state index is 0.766. The number of fused-ring (bicyclic) bond motifs is 6. The molecule has 0 spiro atoms. The zero-order valence-electron chi connectivity index (χ0n) is 28.7. The number of para-hydroxylation sites is 4. The smallest absolute Gasteiger partial charge is 0.283 e. The second-order valence-electron chi connectivity index (χ2n) is 13.7. The molecule has 0 radical (unpaired) electrons. The van der Waals surface area contributed by atoms with Crippen molar-refractivity contribution >= 4 is 66.5 Å². The van der Waals surface area contributed by atoms with Gasteiger partial charge in [-0.3, -0.25) is 0 Å². The van der Waals surface area contributed by atoms with E-state index in [0.717, 1.165) is 30.2 Å². The lowest BCUT2D eigenvalue weighted by molar-refractivity contribution is -0.665. The third-order valence-corrected chi connectivity index (χ3v) is 10.5. The first kappa shape index (κ1) is 30.1. The van der Waals surface area contributed by atoms with E-state index in [0.29, 0.717) is 0 Å². The normalized spacial score (nSPS) is 11.9. The largest absolute Gasteiger partial charge is 0.309 e. The van der Waals surface area contributed by atoms with Crippen molar-refractivity contribution in [3.8, 4) is 5.69 Å². The number of imidazole rings is 1. The highest BCUT2D eigenvalue weighted by Crippen LogP contribution is 2.32. The number of nitrogens with zero attached hydrogens (tertiary/aromatic N) is 3. The molecule has 10 rings (SSSR count). The summed E-state index contributed by atoms with van der Waals surface area (Å²) in [7, 11) is 0. The fourth-order valence-electron chi connectivity index (χ4n) is 7.97. The fourth-order valence-corrected chi connectivity index (χ4v) is 7.97. The lowest BCUT2D eigenvalue weighted by atomic mass is 10.1. The average molecular weight is 667 g/mol. The molecule has 8 aromatic carbocycles. The van der Waals surface area contributed by atoms with Crippen LogP contribution in [0.15, 0.2) is 182 Å². The summed E-state index contributed by atoms with van der Waals surface area (Å²) in [6.07, 6.45) is 4.56. The Bertz CT molecular complexity index is 2790. The minimum Gasteiger partial charge on any atom is -0.309 e. The number of rotatable bonds is 7. The summed E-state index contributed by atoms with van der Waals surface area (Å²) in [5.41, 5.74) is 9.76. The van der Waals surface area contributed by atoms with Crippen molar-refractivity contribution in [2.75, 3.05) is 0 Å². The van der Waals surface area contributed by atoms with Crippen LogP contribution in [-0.4, -0.2) is 9.13 Å². The molecule has 0 amide bonds. The average Bonchev–Trinajstić information content (AvgIpc) is 3.69. The van der Waals surface area contributed by atoms with Crippen LogP contribution in [0.3, 0.4) is 0 Å². The highest BCUT2D eigenvalue weighted by Gasteiger charge is 2.24. The molecule has 0 N–H and O–H groups in total. The van der Waals surface area contributed by atoms with Gasteiger partial charge in [0.15, 0.2) is 11.0 Å². The van der Waals surface area contributed by atoms with Crippen LogP contribution >= 0.6 is 0 Å². The van der Waals surface area contributed by atoms with Gasteiger partial charge in [0.25, 0.3) is 5.82 Å². The van der Waals surface area contributed by atoms with E-state index in [9.17, 15) is 0 Å². The van der Waals surface area contributed by atoms with Crippen molar-refractivity contribution in [3.05, 3.63) is 205 Å². The van der Waals surface area contributed by atoms with Crippen LogP contribution in [0.2, 0.25) is 0 Å². The molecular formula is C49H36N3+. The Morgan fingerprint density at radius 2 is 0.981 bits per heavy atom. The summed E-state index contributed by atoms with van der Waals surface area (Å²) in [6.45, 7) is 1.53. The fraction of sp³-hybridized carbons (Fsp3) is 0.0408. The van der Waals surface area contributed by atoms with Crippen molar-refractivity contribution in [1.82, 2.24) is 9.13 Å². The zero-order valence-corrected chi connectivity index (χ0v) is 28.7. The first-order valence-corrected chi connectivity index (χ1v) is 18.0. The highest BCUT2D eigenvalue weighted by molar-refractivity contribution is 6.09. The Labute approximate surface area is 302 Å². The quantitative estimate of drug-likeness (QED) is 0.150. The van der Waals surface area contributed by atoms with E-state index in [1.54, 1.807) is 0 Å². The molecule has 3 heteroatoms. The third-order valence-electron chi connectivity index (χ3n) is 10.5. The zero-order chi connectivity index (χ0) is 34.4. The van der Waals surface area contributed by atoms with Crippen LogP contribution in [0.25, 0.3) is 72.2 Å². The Balaban J connectivity index is 1.08. The van der Waals surface area contributed by atoms with Crippen molar-refractivity contribution in [2.24, 2.45) is 0 Å². The van der Waals surface area contributed by atoms with Gasteiger partial charge in [0, 0.05) is 22.5 Å². The van der Waals surface area contributed by atoms with Gasteiger partial charge in [0.2, 0.25) is 0 Å². The lowest BCUT2D eigenvalue weighted by Gasteiger charge is -2.08. The molecule has 0 fully saturated rings. The maximum Gasteiger partial charge on any atom is 0.283 e. The number of hydrogen-bond acceptors (Lipinski definition) is 0. The second-order valence-corrected chi connectivity index (χ2v) is 13.7. The molecule has 246 valence electrons. The van der Waals surface area contributed by atoms with E-state index in [1.165, 1.54) is 65.5 Å². The molecule has 0 bridgehead atoms. The van der Waals surface area contributed by atoms with E-state index >= 15 is 0 Å². The van der Waals surface area contributed by atoms with Gasteiger partial charge in [-0.1, -0.05) is 133 Å². The van der Waals surface area contributed by atoms with E-state index in [4.69, 9.17) is 0 Å². The van der Waals surface area contributed by atoms with Crippen molar-refractivity contribution in [2.45, 2.75) is 13.1 Å². The maximum atomic E-state index is 2.48. The predicted octanol–water partition coefficient (Wildman–Crippen LogP) is 11.6. The van der Waals surface area contributed by atoms with Crippen molar-refractivity contribution in [1.29, 1.82) is 0 Å². The Morgan fingerprint density at radius 3 is 1.65 bits per heavy atom. The molecule has 2 aromatic heterocycles. The summed E-state index contributed by atoms with van der Waals surface area (Å²) in [5.74, 6) is 1.16. The molecule has 3 nitrogen and oxygen atoms in total. The Hall–Kier alpha value is -6.71. The standard InChI is InChI=1S/C49H36N3/c1-3-13-40-31-36(21-26-38(40)11-1)33-50-47-19-9-10-20-48(47)51(34-37-22-27-39-12-2-4-14-41(39)32-37)49(50)30-25-35-23-28-42(29-24-35)52-45-17-7-5-15-43(45)44-16-6-8-18-46(44)52/h1-32H,33-34H2/q+1. The highest BCUT2D eigenvalue weighted by atomic mass is 15.2. The van der Waals surface area contributed by atoms with E-state index in [2.05, 4.69) is 208 Å². The van der Waals surface area contributed by atoms with Gasteiger partial charge in [-0.15, -0.1) is 0 Å². The van der Waals surface area contributed by atoms with Gasteiger partial charge in [0.05, 0.1) is 11.0 Å². The Morgan fingerprint density at radius 1 is 0.442 bits per heavy atom. The molecule has 0 atom stereocenters. The Kier molecular flexibility index (Phi) is 7.28. The van der Waals surface area contributed by atoms with Crippen molar-refractivity contribution in [3.63, 3.8) is 0 Å². The summed E-state index contributed by atoms with van der Waals surface area (Å²) in [6, 6.07) is 66.1. The topological polar surface area (TPSA) is 13.7 Å². The summed E-state index contributed by atoms with van der Waals surface area (Å²) < 4.78 is 7.32. The molecular weight excluding hydrogens is 631 g/mol.